The molecule has 0 aromatic heterocycles. The molecular weight excluding hydrogens is 596 g/mol. The number of thioether (sulfide) groups is 1. The number of benzene rings is 2. The van der Waals surface area contributed by atoms with E-state index in [1.54, 1.807) is 23.1 Å². The van der Waals surface area contributed by atoms with Crippen molar-refractivity contribution < 1.29 is 19.1 Å². The number of rotatable bonds is 6. The molecule has 0 spiro atoms. The van der Waals surface area contributed by atoms with Crippen LogP contribution in [0, 0.1) is 0 Å². The predicted octanol–water partition coefficient (Wildman–Crippen LogP) is 6.10. The zero-order valence-corrected chi connectivity index (χ0v) is 22.1. The van der Waals surface area contributed by atoms with Crippen molar-refractivity contribution in [1.82, 2.24) is 9.80 Å². The molecule has 172 valence electrons. The van der Waals surface area contributed by atoms with Gasteiger partial charge in [0.2, 0.25) is 5.91 Å². The van der Waals surface area contributed by atoms with E-state index in [2.05, 4.69) is 31.9 Å². The van der Waals surface area contributed by atoms with Crippen LogP contribution in [0.1, 0.15) is 24.0 Å². The molecule has 2 aromatic rings. The lowest BCUT2D eigenvalue weighted by Gasteiger charge is -2.18. The first-order valence-corrected chi connectivity index (χ1v) is 13.0. The Morgan fingerprint density at radius 1 is 1.12 bits per heavy atom. The molecule has 0 N–H and O–H groups in total. The molecule has 0 atom stereocenters. The molecule has 10 heteroatoms. The summed E-state index contributed by atoms with van der Waals surface area (Å²) in [6.07, 6.45) is 3.50. The number of hydrogen-bond donors (Lipinski definition) is 0. The maximum atomic E-state index is 12.8. The summed E-state index contributed by atoms with van der Waals surface area (Å²) < 4.78 is 7.49. The summed E-state index contributed by atoms with van der Waals surface area (Å²) >= 11 is 14.1. The van der Waals surface area contributed by atoms with Crippen molar-refractivity contribution in [1.29, 1.82) is 0 Å². The van der Waals surface area contributed by atoms with Gasteiger partial charge in [-0.3, -0.25) is 19.3 Å². The van der Waals surface area contributed by atoms with Gasteiger partial charge in [-0.25, -0.2) is 0 Å². The summed E-state index contributed by atoms with van der Waals surface area (Å²) in [4.78, 5) is 40.4. The van der Waals surface area contributed by atoms with E-state index in [1.165, 1.54) is 0 Å². The average molecular weight is 615 g/mol. The molecule has 2 fully saturated rings. The molecule has 0 radical (unpaired) electrons. The van der Waals surface area contributed by atoms with Crippen LogP contribution >= 0.6 is 55.2 Å². The summed E-state index contributed by atoms with van der Waals surface area (Å²) in [6.45, 7) is 1.46. The fraction of sp³-hybridized carbons (Fsp3) is 0.261. The smallest absolute Gasteiger partial charge is 0.294 e. The van der Waals surface area contributed by atoms with Crippen LogP contribution in [0.4, 0.5) is 4.79 Å². The Kier molecular flexibility index (Phi) is 7.83. The van der Waals surface area contributed by atoms with Gasteiger partial charge in [-0.15, -0.1) is 0 Å². The van der Waals surface area contributed by atoms with Gasteiger partial charge in [0.15, 0.2) is 5.75 Å². The van der Waals surface area contributed by atoms with Gasteiger partial charge >= 0.3 is 0 Å². The van der Waals surface area contributed by atoms with E-state index in [1.807, 2.05) is 24.3 Å². The third-order valence-corrected chi connectivity index (χ3v) is 7.55. The lowest BCUT2D eigenvalue weighted by Crippen LogP contribution is -2.40. The van der Waals surface area contributed by atoms with Gasteiger partial charge in [-0.05, 0) is 82.0 Å². The molecule has 4 rings (SSSR count). The minimum absolute atomic E-state index is 0.200. The fourth-order valence-corrected chi connectivity index (χ4v) is 5.62. The highest BCUT2D eigenvalue weighted by atomic mass is 79.9. The number of hydrogen-bond acceptors (Lipinski definition) is 5. The number of carbonyl (C=O) groups excluding carboxylic acids is 3. The molecule has 0 aliphatic carbocycles. The average Bonchev–Trinajstić information content (AvgIpc) is 3.39. The van der Waals surface area contributed by atoms with E-state index >= 15 is 0 Å². The van der Waals surface area contributed by atoms with Crippen LogP contribution in [0.25, 0.3) is 6.08 Å². The minimum atomic E-state index is -0.472. The molecule has 0 saturated carbocycles. The van der Waals surface area contributed by atoms with Crippen molar-refractivity contribution >= 4 is 78.4 Å². The number of carbonyl (C=O) groups is 3. The van der Waals surface area contributed by atoms with Gasteiger partial charge < -0.3 is 9.64 Å². The number of amides is 3. The van der Waals surface area contributed by atoms with Crippen LogP contribution < -0.4 is 4.74 Å². The highest BCUT2D eigenvalue weighted by molar-refractivity contribution is 9.10. The molecule has 0 bridgehead atoms. The summed E-state index contributed by atoms with van der Waals surface area (Å²) in [5, 5.41) is -0.0745. The number of imide groups is 1. The Morgan fingerprint density at radius 2 is 1.82 bits per heavy atom. The monoisotopic (exact) mass is 612 g/mol. The normalized spacial score (nSPS) is 17.4. The molecule has 2 heterocycles. The van der Waals surface area contributed by atoms with E-state index in [4.69, 9.17) is 16.3 Å². The van der Waals surface area contributed by atoms with Crippen LogP contribution in [0.3, 0.4) is 0 Å². The molecule has 2 aliphatic rings. The van der Waals surface area contributed by atoms with Crippen molar-refractivity contribution in [3.8, 4) is 5.75 Å². The van der Waals surface area contributed by atoms with Gasteiger partial charge in [-0.1, -0.05) is 39.7 Å². The summed E-state index contributed by atoms with van der Waals surface area (Å²) in [5.41, 5.74) is 1.63. The van der Waals surface area contributed by atoms with Crippen molar-refractivity contribution in [2.45, 2.75) is 19.4 Å². The second kappa shape index (κ2) is 10.6. The van der Waals surface area contributed by atoms with E-state index < -0.39 is 11.1 Å². The SMILES string of the molecule is O=C(CN1C(=O)S/C(=C/c2cc(Cl)c(OCc3ccc(Br)cc3)c(Br)c2)C1=O)N1CCCC1. The number of halogens is 3. The first-order valence-electron chi connectivity index (χ1n) is 10.2. The van der Waals surface area contributed by atoms with Gasteiger partial charge in [0, 0.05) is 17.6 Å². The molecule has 33 heavy (non-hydrogen) atoms. The van der Waals surface area contributed by atoms with Crippen molar-refractivity contribution in [2.24, 2.45) is 0 Å². The van der Waals surface area contributed by atoms with Crippen LogP contribution in [0.5, 0.6) is 5.75 Å². The Hall–Kier alpha value is -1.81. The van der Waals surface area contributed by atoms with E-state index in [0.717, 1.165) is 39.5 Å². The fourth-order valence-electron chi connectivity index (χ4n) is 3.53. The van der Waals surface area contributed by atoms with Crippen molar-refractivity contribution in [2.75, 3.05) is 19.6 Å². The standard InChI is InChI=1S/C23H19Br2ClN2O4S/c24-16-5-3-14(4-6-16)13-32-21-17(25)9-15(10-18(21)26)11-19-22(30)28(23(31)33-19)12-20(29)27-7-1-2-8-27/h3-6,9-11H,1-2,7-8,12-13H2/b19-11+. The third kappa shape index (κ3) is 5.82. The number of likely N-dealkylation sites (tertiary alicyclic amines) is 1. The van der Waals surface area contributed by atoms with Gasteiger partial charge in [0.25, 0.3) is 11.1 Å². The highest BCUT2D eigenvalue weighted by Gasteiger charge is 2.37. The first-order chi connectivity index (χ1) is 15.8. The van der Waals surface area contributed by atoms with Crippen LogP contribution in [-0.2, 0) is 16.2 Å². The van der Waals surface area contributed by atoms with E-state index in [-0.39, 0.29) is 17.4 Å². The Labute approximate surface area is 217 Å². The first kappa shape index (κ1) is 24.3. The maximum Gasteiger partial charge on any atom is 0.294 e. The molecule has 2 aromatic carbocycles. The molecular formula is C23H19Br2ClN2O4S. The van der Waals surface area contributed by atoms with Crippen LogP contribution in [0.15, 0.2) is 50.2 Å². The summed E-state index contributed by atoms with van der Waals surface area (Å²) in [6, 6.07) is 11.2. The molecule has 2 aliphatic heterocycles. The number of nitrogens with zero attached hydrogens (tertiary/aromatic N) is 2. The van der Waals surface area contributed by atoms with Gasteiger partial charge in [-0.2, -0.15) is 0 Å². The largest absolute Gasteiger partial charge is 0.486 e. The maximum absolute atomic E-state index is 12.8. The van der Waals surface area contributed by atoms with Crippen molar-refractivity contribution in [3.63, 3.8) is 0 Å². The zero-order valence-electron chi connectivity index (χ0n) is 17.4. The van der Waals surface area contributed by atoms with Gasteiger partial charge in [0.1, 0.15) is 13.2 Å². The third-order valence-electron chi connectivity index (χ3n) is 5.24. The second-order valence-corrected chi connectivity index (χ2v) is 10.8. The molecule has 0 unspecified atom stereocenters. The lowest BCUT2D eigenvalue weighted by molar-refractivity contribution is -0.135. The van der Waals surface area contributed by atoms with E-state index in [0.29, 0.717) is 40.5 Å². The van der Waals surface area contributed by atoms with Crippen LogP contribution in [-0.4, -0.2) is 46.5 Å². The highest BCUT2D eigenvalue weighted by Crippen LogP contribution is 2.38. The topological polar surface area (TPSA) is 66.9 Å². The Balaban J connectivity index is 1.45. The van der Waals surface area contributed by atoms with Gasteiger partial charge in [0.05, 0.1) is 14.4 Å². The summed E-state index contributed by atoms with van der Waals surface area (Å²) in [7, 11) is 0. The molecule has 6 nitrogen and oxygen atoms in total. The van der Waals surface area contributed by atoms with E-state index in [9.17, 15) is 14.4 Å². The number of ether oxygens (including phenoxy) is 1. The summed E-state index contributed by atoms with van der Waals surface area (Å²) in [5.74, 6) is -0.185. The minimum Gasteiger partial charge on any atom is -0.486 e. The second-order valence-electron chi connectivity index (χ2n) is 7.58. The zero-order chi connectivity index (χ0) is 23.5. The lowest BCUT2D eigenvalue weighted by atomic mass is 10.2. The quantitative estimate of drug-likeness (QED) is 0.368. The molecule has 2 saturated heterocycles. The van der Waals surface area contributed by atoms with Crippen molar-refractivity contribution in [3.05, 3.63) is 66.4 Å². The Morgan fingerprint density at radius 3 is 2.48 bits per heavy atom. The van der Waals surface area contributed by atoms with Crippen LogP contribution in [0.2, 0.25) is 5.02 Å². The Bertz CT molecular complexity index is 1110. The predicted molar refractivity (Wildman–Crippen MR) is 136 cm³/mol. The molecule has 3 amide bonds.